The van der Waals surface area contributed by atoms with E-state index < -0.39 is 0 Å². The fraction of sp³-hybridized carbons (Fsp3) is 0.136. The number of benzene rings is 1. The molecule has 0 saturated carbocycles. The summed E-state index contributed by atoms with van der Waals surface area (Å²) in [6, 6.07) is 14.1. The number of anilines is 1. The first-order chi connectivity index (χ1) is 15.2. The van der Waals surface area contributed by atoms with Gasteiger partial charge < -0.3 is 10.2 Å². The maximum Gasteiger partial charge on any atom is 0.225 e. The maximum atomic E-state index is 6.17. The van der Waals surface area contributed by atoms with Crippen molar-refractivity contribution in [3.63, 3.8) is 0 Å². The Balaban J connectivity index is 1.35. The molecular formula is C22H18N8O. The van der Waals surface area contributed by atoms with E-state index >= 15 is 0 Å². The summed E-state index contributed by atoms with van der Waals surface area (Å²) in [6.07, 6.45) is 4.14. The van der Waals surface area contributed by atoms with Crippen LogP contribution < -0.4 is 5.73 Å². The molecule has 0 aliphatic carbocycles. The predicted molar refractivity (Wildman–Crippen MR) is 116 cm³/mol. The molecule has 0 aliphatic heterocycles. The molecule has 0 unspecified atom stereocenters. The fourth-order valence-electron chi connectivity index (χ4n) is 3.80. The van der Waals surface area contributed by atoms with Crippen molar-refractivity contribution in [2.45, 2.75) is 19.9 Å². The van der Waals surface area contributed by atoms with Crippen LogP contribution in [0.15, 0.2) is 59.3 Å². The van der Waals surface area contributed by atoms with E-state index in [-0.39, 0.29) is 5.95 Å². The number of pyridine rings is 1. The van der Waals surface area contributed by atoms with Crippen LogP contribution in [-0.4, -0.2) is 34.3 Å². The van der Waals surface area contributed by atoms with Gasteiger partial charge in [0.1, 0.15) is 0 Å². The molecule has 0 aliphatic rings. The van der Waals surface area contributed by atoms with Crippen LogP contribution in [0.3, 0.4) is 0 Å². The number of furan rings is 1. The molecule has 31 heavy (non-hydrogen) atoms. The molecule has 0 fully saturated rings. The third-order valence-electron chi connectivity index (χ3n) is 5.34. The molecule has 5 heterocycles. The SMILES string of the molecule is Cc1ccc2cc(CCn3ncc4c3nc(N)n3nc(-c5ccco5)nc43)ccc2n1. The molecule has 1 aromatic carbocycles. The summed E-state index contributed by atoms with van der Waals surface area (Å²) in [4.78, 5) is 13.7. The molecule has 152 valence electrons. The van der Waals surface area contributed by atoms with E-state index in [1.165, 1.54) is 10.1 Å². The lowest BCUT2D eigenvalue weighted by atomic mass is 10.1. The van der Waals surface area contributed by atoms with Crippen LogP contribution in [0.2, 0.25) is 0 Å². The Morgan fingerprint density at radius 1 is 1.03 bits per heavy atom. The highest BCUT2D eigenvalue weighted by molar-refractivity contribution is 5.90. The third-order valence-corrected chi connectivity index (χ3v) is 5.34. The number of nitrogen functional groups attached to an aromatic ring is 1. The molecule has 0 radical (unpaired) electrons. The number of hydrogen-bond donors (Lipinski definition) is 1. The first kappa shape index (κ1) is 17.6. The van der Waals surface area contributed by atoms with Crippen LogP contribution in [0, 0.1) is 6.92 Å². The minimum absolute atomic E-state index is 0.252. The van der Waals surface area contributed by atoms with E-state index in [1.807, 2.05) is 17.7 Å². The highest BCUT2D eigenvalue weighted by Crippen LogP contribution is 2.24. The minimum atomic E-state index is 0.252. The molecular weight excluding hydrogens is 392 g/mol. The molecule has 5 aromatic heterocycles. The summed E-state index contributed by atoms with van der Waals surface area (Å²) in [5.41, 5.74) is 10.7. The summed E-state index contributed by atoms with van der Waals surface area (Å²) in [6.45, 7) is 2.66. The van der Waals surface area contributed by atoms with Gasteiger partial charge in [-0.15, -0.1) is 5.10 Å². The van der Waals surface area contributed by atoms with Crippen molar-refractivity contribution in [1.29, 1.82) is 0 Å². The first-order valence-electron chi connectivity index (χ1n) is 9.94. The van der Waals surface area contributed by atoms with Crippen molar-refractivity contribution < 1.29 is 4.42 Å². The Hall–Kier alpha value is -4.27. The second-order valence-electron chi connectivity index (χ2n) is 7.45. The van der Waals surface area contributed by atoms with Gasteiger partial charge in [-0.1, -0.05) is 12.1 Å². The summed E-state index contributed by atoms with van der Waals surface area (Å²) in [5, 5.41) is 10.9. The first-order valence-corrected chi connectivity index (χ1v) is 9.94. The molecule has 9 heteroatoms. The van der Waals surface area contributed by atoms with E-state index in [0.29, 0.717) is 29.4 Å². The lowest BCUT2D eigenvalue weighted by Gasteiger charge is -2.06. The molecule has 0 bridgehead atoms. The molecule has 0 atom stereocenters. The van der Waals surface area contributed by atoms with Crippen molar-refractivity contribution in [3.8, 4) is 11.6 Å². The van der Waals surface area contributed by atoms with Crippen molar-refractivity contribution in [1.82, 2.24) is 34.3 Å². The normalized spacial score (nSPS) is 11.8. The molecule has 0 amide bonds. The van der Waals surface area contributed by atoms with Crippen LogP contribution >= 0.6 is 0 Å². The fourth-order valence-corrected chi connectivity index (χ4v) is 3.80. The van der Waals surface area contributed by atoms with Gasteiger partial charge in [-0.05, 0) is 49.2 Å². The monoisotopic (exact) mass is 410 g/mol. The Morgan fingerprint density at radius 3 is 2.84 bits per heavy atom. The summed E-state index contributed by atoms with van der Waals surface area (Å²) < 4.78 is 8.78. The van der Waals surface area contributed by atoms with Gasteiger partial charge in [0.15, 0.2) is 17.1 Å². The number of aromatic nitrogens is 7. The van der Waals surface area contributed by atoms with Gasteiger partial charge in [-0.25, -0.2) is 9.67 Å². The predicted octanol–water partition coefficient (Wildman–Crippen LogP) is 3.42. The Morgan fingerprint density at radius 2 is 1.97 bits per heavy atom. The van der Waals surface area contributed by atoms with Crippen molar-refractivity contribution >= 4 is 33.5 Å². The van der Waals surface area contributed by atoms with E-state index in [9.17, 15) is 0 Å². The van der Waals surface area contributed by atoms with Gasteiger partial charge in [-0.2, -0.15) is 14.6 Å². The second kappa shape index (κ2) is 6.63. The summed E-state index contributed by atoms with van der Waals surface area (Å²) in [7, 11) is 0. The zero-order chi connectivity index (χ0) is 20.9. The molecule has 6 aromatic rings. The van der Waals surface area contributed by atoms with E-state index in [2.05, 4.69) is 49.4 Å². The average molecular weight is 410 g/mol. The molecule has 0 saturated heterocycles. The number of fused-ring (bicyclic) bond motifs is 4. The summed E-state index contributed by atoms with van der Waals surface area (Å²) in [5.74, 6) is 1.28. The van der Waals surface area contributed by atoms with Gasteiger partial charge in [0.25, 0.3) is 0 Å². The second-order valence-corrected chi connectivity index (χ2v) is 7.45. The lowest BCUT2D eigenvalue weighted by Crippen LogP contribution is -2.07. The van der Waals surface area contributed by atoms with Gasteiger partial charge in [0.2, 0.25) is 11.8 Å². The molecule has 9 nitrogen and oxygen atoms in total. The molecule has 2 N–H and O–H groups in total. The van der Waals surface area contributed by atoms with E-state index in [0.717, 1.165) is 28.4 Å². The third kappa shape index (κ3) is 2.90. The Kier molecular flexibility index (Phi) is 3.76. The molecule has 0 spiro atoms. The van der Waals surface area contributed by atoms with Crippen LogP contribution in [0.25, 0.3) is 39.2 Å². The standard InChI is InChI=1S/C22H18N8O/c1-13-4-6-15-11-14(5-7-17(15)25-13)8-9-29-20-16(12-24-29)21-26-19(18-3-2-10-31-18)28-30(21)22(23)27-20/h2-7,10-12H,8-9H2,1H3,(H2,23,27). The summed E-state index contributed by atoms with van der Waals surface area (Å²) >= 11 is 0. The van der Waals surface area contributed by atoms with Crippen molar-refractivity contribution in [3.05, 3.63) is 66.2 Å². The van der Waals surface area contributed by atoms with Gasteiger partial charge >= 0.3 is 0 Å². The maximum absolute atomic E-state index is 6.17. The largest absolute Gasteiger partial charge is 0.461 e. The van der Waals surface area contributed by atoms with Crippen LogP contribution in [-0.2, 0) is 13.0 Å². The average Bonchev–Trinajstić information content (AvgIpc) is 3.51. The van der Waals surface area contributed by atoms with Crippen LogP contribution in [0.4, 0.5) is 5.95 Å². The molecule has 6 rings (SSSR count). The van der Waals surface area contributed by atoms with Crippen LogP contribution in [0.1, 0.15) is 11.3 Å². The number of nitrogens with two attached hydrogens (primary N) is 1. The zero-order valence-corrected chi connectivity index (χ0v) is 16.7. The Bertz CT molecular complexity index is 1560. The number of hydrogen-bond acceptors (Lipinski definition) is 7. The Labute approximate surface area is 176 Å². The topological polar surface area (TPSA) is 113 Å². The lowest BCUT2D eigenvalue weighted by molar-refractivity contribution is 0.577. The van der Waals surface area contributed by atoms with E-state index in [4.69, 9.17) is 10.2 Å². The smallest absolute Gasteiger partial charge is 0.225 e. The van der Waals surface area contributed by atoms with Gasteiger partial charge in [0, 0.05) is 17.6 Å². The van der Waals surface area contributed by atoms with Crippen molar-refractivity contribution in [2.75, 3.05) is 5.73 Å². The number of rotatable bonds is 4. The highest BCUT2D eigenvalue weighted by atomic mass is 16.3. The highest BCUT2D eigenvalue weighted by Gasteiger charge is 2.17. The quantitative estimate of drug-likeness (QED) is 0.474. The number of nitrogens with zero attached hydrogens (tertiary/aromatic N) is 7. The number of aryl methyl sites for hydroxylation is 3. The van der Waals surface area contributed by atoms with Crippen LogP contribution in [0.5, 0.6) is 0 Å². The van der Waals surface area contributed by atoms with Gasteiger partial charge in [0.05, 0.1) is 23.4 Å². The minimum Gasteiger partial charge on any atom is -0.461 e. The van der Waals surface area contributed by atoms with Crippen molar-refractivity contribution in [2.24, 2.45) is 0 Å². The zero-order valence-electron chi connectivity index (χ0n) is 16.7. The van der Waals surface area contributed by atoms with Gasteiger partial charge in [-0.3, -0.25) is 4.98 Å². The van der Waals surface area contributed by atoms with E-state index in [1.54, 1.807) is 24.6 Å².